The van der Waals surface area contributed by atoms with Crippen molar-refractivity contribution in [2.24, 2.45) is 5.92 Å². The van der Waals surface area contributed by atoms with Gasteiger partial charge in [-0.1, -0.05) is 30.3 Å². The third kappa shape index (κ3) is 4.08. The van der Waals surface area contributed by atoms with Gasteiger partial charge in [0.1, 0.15) is 5.82 Å². The molecule has 4 nitrogen and oxygen atoms in total. The smallest absolute Gasteiger partial charge is 0.130 e. The number of anilines is 1. The highest BCUT2D eigenvalue weighted by Crippen LogP contribution is 2.24. The van der Waals surface area contributed by atoms with Crippen LogP contribution >= 0.6 is 0 Å². The first kappa shape index (κ1) is 15.5. The maximum absolute atomic E-state index is 9.09. The summed E-state index contributed by atoms with van der Waals surface area (Å²) in [5.41, 5.74) is 2.78. The van der Waals surface area contributed by atoms with Gasteiger partial charge in [0.25, 0.3) is 0 Å². The van der Waals surface area contributed by atoms with E-state index in [0.717, 1.165) is 37.6 Å². The molecule has 0 aliphatic carbocycles. The normalized spacial score (nSPS) is 17.2. The fourth-order valence-corrected chi connectivity index (χ4v) is 2.97. The predicted molar refractivity (Wildman–Crippen MR) is 90.1 cm³/mol. The minimum atomic E-state index is 0.520. The molecule has 1 atom stereocenters. The van der Waals surface area contributed by atoms with E-state index in [9.17, 15) is 0 Å². The Bertz CT molecular complexity index is 694. The van der Waals surface area contributed by atoms with E-state index in [0.29, 0.717) is 18.1 Å². The molecule has 1 aliphatic heterocycles. The van der Waals surface area contributed by atoms with E-state index < -0.39 is 0 Å². The van der Waals surface area contributed by atoms with Crippen LogP contribution in [0.15, 0.2) is 42.5 Å². The number of hydrogen-bond acceptors (Lipinski definition) is 4. The highest BCUT2D eigenvalue weighted by molar-refractivity contribution is 5.47. The Morgan fingerprint density at radius 2 is 2.13 bits per heavy atom. The van der Waals surface area contributed by atoms with Crippen LogP contribution in [0.25, 0.3) is 0 Å². The molecule has 118 valence electrons. The number of hydrogen-bond donors (Lipinski definition) is 0. The molecule has 1 aromatic heterocycles. The summed E-state index contributed by atoms with van der Waals surface area (Å²) in [6, 6.07) is 16.2. The van der Waals surface area contributed by atoms with E-state index in [1.807, 2.05) is 37.3 Å². The Balaban J connectivity index is 1.52. The van der Waals surface area contributed by atoms with Gasteiger partial charge in [-0.3, -0.25) is 0 Å². The first-order valence-corrected chi connectivity index (χ1v) is 8.00. The monoisotopic (exact) mass is 307 g/mol. The lowest BCUT2D eigenvalue weighted by Gasteiger charge is -2.18. The number of nitrogens with zero attached hydrogens (tertiary/aromatic N) is 3. The number of pyridine rings is 1. The van der Waals surface area contributed by atoms with Crippen molar-refractivity contribution in [1.82, 2.24) is 4.98 Å². The van der Waals surface area contributed by atoms with Crippen molar-refractivity contribution in [2.75, 3.05) is 24.6 Å². The lowest BCUT2D eigenvalue weighted by atomic mass is 10.1. The largest absolute Gasteiger partial charge is 0.376 e. The van der Waals surface area contributed by atoms with Crippen LogP contribution in [0, 0.1) is 24.2 Å². The predicted octanol–water partition coefficient (Wildman–Crippen LogP) is 3.30. The molecular formula is C19H21N3O. The van der Waals surface area contributed by atoms with E-state index in [1.165, 1.54) is 5.56 Å². The molecule has 0 radical (unpaired) electrons. The summed E-state index contributed by atoms with van der Waals surface area (Å²) >= 11 is 0. The van der Waals surface area contributed by atoms with Crippen molar-refractivity contribution in [2.45, 2.75) is 20.0 Å². The van der Waals surface area contributed by atoms with Crippen LogP contribution in [-0.4, -0.2) is 24.7 Å². The minimum Gasteiger partial charge on any atom is -0.376 e. The molecule has 2 aromatic rings. The van der Waals surface area contributed by atoms with Gasteiger partial charge < -0.3 is 9.64 Å². The second kappa shape index (κ2) is 7.26. The standard InChI is InChI=1S/C19H21N3O/c1-15-9-18(11-20)10-19(21-15)22-8-7-17(12-22)14-23-13-16-5-3-2-4-6-16/h2-6,9-10,17H,7-8,12-14H2,1H3/t17-/m0/s1. The van der Waals surface area contributed by atoms with Crippen LogP contribution in [0.5, 0.6) is 0 Å². The third-order valence-corrected chi connectivity index (χ3v) is 4.14. The Morgan fingerprint density at radius 3 is 2.91 bits per heavy atom. The van der Waals surface area contributed by atoms with Crippen molar-refractivity contribution >= 4 is 5.82 Å². The fraction of sp³-hybridized carbons (Fsp3) is 0.368. The molecule has 0 N–H and O–H groups in total. The molecule has 1 saturated heterocycles. The number of benzene rings is 1. The van der Waals surface area contributed by atoms with Gasteiger partial charge in [0.15, 0.2) is 0 Å². The molecule has 0 unspecified atom stereocenters. The first-order valence-electron chi connectivity index (χ1n) is 8.00. The van der Waals surface area contributed by atoms with Gasteiger partial charge in [0.05, 0.1) is 24.8 Å². The molecular weight excluding hydrogens is 286 g/mol. The van der Waals surface area contributed by atoms with Gasteiger partial charge in [0.2, 0.25) is 0 Å². The number of aryl methyl sites for hydroxylation is 1. The number of rotatable bonds is 5. The van der Waals surface area contributed by atoms with Gasteiger partial charge in [-0.2, -0.15) is 5.26 Å². The Morgan fingerprint density at radius 1 is 1.30 bits per heavy atom. The Hall–Kier alpha value is -2.38. The maximum Gasteiger partial charge on any atom is 0.130 e. The van der Waals surface area contributed by atoms with E-state index in [1.54, 1.807) is 0 Å². The van der Waals surface area contributed by atoms with Gasteiger partial charge in [-0.25, -0.2) is 4.98 Å². The molecule has 2 heterocycles. The lowest BCUT2D eigenvalue weighted by molar-refractivity contribution is 0.0929. The van der Waals surface area contributed by atoms with Crippen molar-refractivity contribution in [1.29, 1.82) is 5.26 Å². The van der Waals surface area contributed by atoms with Crippen LogP contribution in [0.4, 0.5) is 5.82 Å². The van der Waals surface area contributed by atoms with E-state index in [-0.39, 0.29) is 0 Å². The number of ether oxygens (including phenoxy) is 1. The molecule has 1 fully saturated rings. The Kier molecular flexibility index (Phi) is 4.89. The minimum absolute atomic E-state index is 0.520. The van der Waals surface area contributed by atoms with Crippen LogP contribution in [0.3, 0.4) is 0 Å². The number of nitriles is 1. The summed E-state index contributed by atoms with van der Waals surface area (Å²) < 4.78 is 5.86. The summed E-state index contributed by atoms with van der Waals surface area (Å²) in [6.45, 7) is 5.28. The van der Waals surface area contributed by atoms with Crippen molar-refractivity contribution in [3.05, 3.63) is 59.3 Å². The molecule has 1 aliphatic rings. The molecule has 1 aromatic carbocycles. The van der Waals surface area contributed by atoms with E-state index in [4.69, 9.17) is 10.00 Å². The molecule has 0 spiro atoms. The molecule has 0 saturated carbocycles. The number of aromatic nitrogens is 1. The van der Waals surface area contributed by atoms with Crippen LogP contribution in [0.1, 0.15) is 23.2 Å². The van der Waals surface area contributed by atoms with Crippen molar-refractivity contribution < 1.29 is 4.74 Å². The quantitative estimate of drug-likeness (QED) is 0.850. The van der Waals surface area contributed by atoms with E-state index >= 15 is 0 Å². The zero-order valence-corrected chi connectivity index (χ0v) is 13.4. The van der Waals surface area contributed by atoms with Crippen LogP contribution in [0.2, 0.25) is 0 Å². The summed E-state index contributed by atoms with van der Waals surface area (Å²) in [4.78, 5) is 6.81. The average molecular weight is 307 g/mol. The molecule has 0 bridgehead atoms. The highest BCUT2D eigenvalue weighted by Gasteiger charge is 2.24. The zero-order valence-electron chi connectivity index (χ0n) is 13.4. The highest BCUT2D eigenvalue weighted by atomic mass is 16.5. The van der Waals surface area contributed by atoms with Gasteiger partial charge in [-0.05, 0) is 31.0 Å². The second-order valence-electron chi connectivity index (χ2n) is 6.07. The molecule has 3 rings (SSSR count). The maximum atomic E-state index is 9.09. The fourth-order valence-electron chi connectivity index (χ4n) is 2.97. The van der Waals surface area contributed by atoms with E-state index in [2.05, 4.69) is 28.1 Å². The average Bonchev–Trinajstić information content (AvgIpc) is 3.04. The summed E-state index contributed by atoms with van der Waals surface area (Å²) in [6.07, 6.45) is 1.10. The third-order valence-electron chi connectivity index (χ3n) is 4.14. The topological polar surface area (TPSA) is 49.2 Å². The summed E-state index contributed by atoms with van der Waals surface area (Å²) in [7, 11) is 0. The molecule has 0 amide bonds. The summed E-state index contributed by atoms with van der Waals surface area (Å²) in [5, 5.41) is 9.09. The second-order valence-corrected chi connectivity index (χ2v) is 6.07. The van der Waals surface area contributed by atoms with Crippen molar-refractivity contribution in [3.8, 4) is 6.07 Å². The molecule has 23 heavy (non-hydrogen) atoms. The van der Waals surface area contributed by atoms with Crippen LogP contribution in [-0.2, 0) is 11.3 Å². The zero-order chi connectivity index (χ0) is 16.1. The van der Waals surface area contributed by atoms with Crippen molar-refractivity contribution in [3.63, 3.8) is 0 Å². The van der Waals surface area contributed by atoms with Gasteiger partial charge >= 0.3 is 0 Å². The van der Waals surface area contributed by atoms with Crippen LogP contribution < -0.4 is 4.90 Å². The first-order chi connectivity index (χ1) is 11.2. The molecule has 4 heteroatoms. The van der Waals surface area contributed by atoms with Gasteiger partial charge in [-0.15, -0.1) is 0 Å². The Labute approximate surface area is 137 Å². The van der Waals surface area contributed by atoms with Gasteiger partial charge in [0, 0.05) is 24.7 Å². The summed E-state index contributed by atoms with van der Waals surface area (Å²) in [5.74, 6) is 1.43. The SMILES string of the molecule is Cc1cc(C#N)cc(N2CC[C@H](COCc3ccccc3)C2)n1. The lowest BCUT2D eigenvalue weighted by Crippen LogP contribution is -2.22.